The third kappa shape index (κ3) is 4.46. The summed E-state index contributed by atoms with van der Waals surface area (Å²) in [6.07, 6.45) is 0.303. The second-order valence-electron chi connectivity index (χ2n) is 8.52. The van der Waals surface area contributed by atoms with Crippen LogP contribution in [-0.2, 0) is 11.2 Å². The molecule has 0 saturated carbocycles. The van der Waals surface area contributed by atoms with Crippen LogP contribution in [0.2, 0.25) is 0 Å². The molecule has 1 fully saturated rings. The maximum atomic E-state index is 14.6. The van der Waals surface area contributed by atoms with E-state index in [-0.39, 0.29) is 36.2 Å². The molecule has 2 heterocycles. The molecule has 0 unspecified atom stereocenters. The number of benzene rings is 2. The number of anilines is 1. The van der Waals surface area contributed by atoms with Crippen molar-refractivity contribution in [1.82, 2.24) is 15.1 Å². The number of H-pyrrole nitrogens is 1. The van der Waals surface area contributed by atoms with Gasteiger partial charge in [0.25, 0.3) is 11.5 Å². The van der Waals surface area contributed by atoms with Crippen LogP contribution in [-0.4, -0.2) is 46.0 Å². The highest BCUT2D eigenvalue weighted by Gasteiger charge is 2.34. The van der Waals surface area contributed by atoms with E-state index < -0.39 is 17.5 Å². The predicted molar refractivity (Wildman–Crippen MR) is 123 cm³/mol. The summed E-state index contributed by atoms with van der Waals surface area (Å²) in [5.74, 6) is -2.01. The highest BCUT2D eigenvalue weighted by atomic mass is 19.1. The Morgan fingerprint density at radius 2 is 1.79 bits per heavy atom. The second kappa shape index (κ2) is 9.17. The van der Waals surface area contributed by atoms with E-state index in [1.54, 1.807) is 26.8 Å². The van der Waals surface area contributed by atoms with Crippen LogP contribution >= 0.6 is 0 Å². The van der Waals surface area contributed by atoms with Crippen LogP contribution in [0.1, 0.15) is 39.7 Å². The van der Waals surface area contributed by atoms with Crippen molar-refractivity contribution in [2.75, 3.05) is 18.0 Å². The maximum absolute atomic E-state index is 14.6. The fraction of sp³-hybridized carbons (Fsp3) is 0.280. The summed E-state index contributed by atoms with van der Waals surface area (Å²) in [7, 11) is 0. The second-order valence-corrected chi connectivity index (χ2v) is 8.52. The van der Waals surface area contributed by atoms with E-state index in [4.69, 9.17) is 0 Å². The smallest absolute Gasteiger partial charge is 0.267 e. The van der Waals surface area contributed by atoms with Gasteiger partial charge in [0.05, 0.1) is 17.3 Å². The minimum absolute atomic E-state index is 0.133. The number of hydrogen-bond donors (Lipinski definition) is 1. The van der Waals surface area contributed by atoms with Crippen LogP contribution in [0.15, 0.2) is 47.3 Å². The number of amides is 2. The van der Waals surface area contributed by atoms with E-state index in [0.29, 0.717) is 28.9 Å². The first-order chi connectivity index (χ1) is 16.2. The molecule has 34 heavy (non-hydrogen) atoms. The highest BCUT2D eigenvalue weighted by Crippen LogP contribution is 2.24. The van der Waals surface area contributed by atoms with Gasteiger partial charge in [0.1, 0.15) is 18.2 Å². The van der Waals surface area contributed by atoms with Gasteiger partial charge in [-0.05, 0) is 68.3 Å². The lowest BCUT2D eigenvalue weighted by Gasteiger charge is -2.39. The van der Waals surface area contributed by atoms with E-state index in [1.165, 1.54) is 46.2 Å². The van der Waals surface area contributed by atoms with Crippen LogP contribution in [0.25, 0.3) is 0 Å². The summed E-state index contributed by atoms with van der Waals surface area (Å²) in [4.78, 5) is 40.6. The number of nitrogens with zero attached hydrogens (tertiary/aromatic N) is 3. The van der Waals surface area contributed by atoms with Crippen LogP contribution in [0, 0.1) is 25.5 Å². The summed E-state index contributed by atoms with van der Waals surface area (Å²) >= 11 is 0. The first-order valence-electron chi connectivity index (χ1n) is 10.9. The van der Waals surface area contributed by atoms with Crippen molar-refractivity contribution in [1.29, 1.82) is 0 Å². The lowest BCUT2D eigenvalue weighted by atomic mass is 10.0. The number of halogens is 2. The van der Waals surface area contributed by atoms with Gasteiger partial charge in [-0.15, -0.1) is 0 Å². The number of piperazine rings is 1. The Kier molecular flexibility index (Phi) is 6.28. The third-order valence-corrected chi connectivity index (χ3v) is 6.17. The molecule has 0 spiro atoms. The van der Waals surface area contributed by atoms with Gasteiger partial charge in [0.15, 0.2) is 0 Å². The Bertz CT molecular complexity index is 1320. The molecule has 0 radical (unpaired) electrons. The number of carbonyl (C=O) groups excluding carboxylic acids is 2. The molecule has 0 aliphatic carbocycles. The first-order valence-corrected chi connectivity index (χ1v) is 10.9. The quantitative estimate of drug-likeness (QED) is 0.640. The summed E-state index contributed by atoms with van der Waals surface area (Å²) < 4.78 is 27.9. The Balaban J connectivity index is 1.55. The van der Waals surface area contributed by atoms with Crippen molar-refractivity contribution >= 4 is 17.5 Å². The molecule has 9 heteroatoms. The van der Waals surface area contributed by atoms with Gasteiger partial charge in [0, 0.05) is 24.2 Å². The molecule has 1 aromatic heterocycles. The Morgan fingerprint density at radius 3 is 2.47 bits per heavy atom. The summed E-state index contributed by atoms with van der Waals surface area (Å²) in [6, 6.07) is 9.43. The first kappa shape index (κ1) is 23.3. The van der Waals surface area contributed by atoms with E-state index in [2.05, 4.69) is 10.2 Å². The summed E-state index contributed by atoms with van der Waals surface area (Å²) in [6.45, 7) is 5.24. The van der Waals surface area contributed by atoms with E-state index in [1.807, 2.05) is 0 Å². The topological polar surface area (TPSA) is 86.4 Å². The molecule has 2 aromatic carbocycles. The molecule has 1 aliphatic heterocycles. The number of nitrogens with one attached hydrogen (secondary N) is 1. The lowest BCUT2D eigenvalue weighted by Crippen LogP contribution is -2.57. The molecular weight excluding hydrogens is 442 g/mol. The molecule has 2 amide bonds. The summed E-state index contributed by atoms with van der Waals surface area (Å²) in [5.41, 5.74) is 2.70. The van der Waals surface area contributed by atoms with Gasteiger partial charge in [-0.3, -0.25) is 14.4 Å². The molecule has 1 saturated heterocycles. The molecule has 0 bridgehead atoms. The van der Waals surface area contributed by atoms with Crippen molar-refractivity contribution < 1.29 is 18.4 Å². The van der Waals surface area contributed by atoms with Crippen molar-refractivity contribution in [2.45, 2.75) is 33.2 Å². The zero-order valence-corrected chi connectivity index (χ0v) is 19.1. The fourth-order valence-electron chi connectivity index (χ4n) is 4.16. The summed E-state index contributed by atoms with van der Waals surface area (Å²) in [5, 5.41) is 6.53. The van der Waals surface area contributed by atoms with Gasteiger partial charge < -0.3 is 9.80 Å². The van der Waals surface area contributed by atoms with E-state index >= 15 is 0 Å². The minimum atomic E-state index is -0.683. The van der Waals surface area contributed by atoms with Crippen LogP contribution < -0.4 is 10.5 Å². The van der Waals surface area contributed by atoms with Gasteiger partial charge in [0.2, 0.25) is 5.91 Å². The Morgan fingerprint density at radius 1 is 1.09 bits per heavy atom. The van der Waals surface area contributed by atoms with Crippen molar-refractivity contribution in [3.63, 3.8) is 0 Å². The third-order valence-electron chi connectivity index (χ3n) is 6.17. The molecule has 1 N–H and O–H groups in total. The van der Waals surface area contributed by atoms with E-state index in [9.17, 15) is 23.2 Å². The highest BCUT2D eigenvalue weighted by molar-refractivity contribution is 6.02. The number of hydrogen-bond acceptors (Lipinski definition) is 4. The zero-order chi connectivity index (χ0) is 24.6. The van der Waals surface area contributed by atoms with Crippen molar-refractivity contribution in [3.05, 3.63) is 92.4 Å². The zero-order valence-electron chi connectivity index (χ0n) is 19.1. The van der Waals surface area contributed by atoms with Crippen LogP contribution in [0.5, 0.6) is 0 Å². The SMILES string of the molecule is Cc1c(Cc2ccc(F)c(C(=O)N3CC(=O)N(c4ccc(F)cc4)[C@H](C)C3)c2)n[nH]c(=O)c1C. The van der Waals surface area contributed by atoms with Gasteiger partial charge >= 0.3 is 0 Å². The van der Waals surface area contributed by atoms with Crippen LogP contribution in [0.4, 0.5) is 14.5 Å². The monoisotopic (exact) mass is 466 g/mol. The van der Waals surface area contributed by atoms with Gasteiger partial charge in [-0.2, -0.15) is 5.10 Å². The normalized spacial score (nSPS) is 16.1. The molecule has 7 nitrogen and oxygen atoms in total. The number of aromatic amines is 1. The standard InChI is InChI=1S/C25H24F2N4O3/c1-14-12-30(13-23(32)31(14)19-7-5-18(26)6-8-19)25(34)20-10-17(4-9-21(20)27)11-22-15(2)16(3)24(33)29-28-22/h4-10,14H,11-13H2,1-3H3,(H,29,33)/t14-/m1/s1. The number of rotatable bonds is 4. The Hall–Kier alpha value is -3.88. The van der Waals surface area contributed by atoms with Crippen molar-refractivity contribution in [3.8, 4) is 0 Å². The largest absolute Gasteiger partial charge is 0.327 e. The predicted octanol–water partition coefficient (Wildman–Crippen LogP) is 3.13. The van der Waals surface area contributed by atoms with Crippen molar-refractivity contribution in [2.24, 2.45) is 0 Å². The molecule has 1 atom stereocenters. The van der Waals surface area contributed by atoms with E-state index in [0.717, 1.165) is 5.56 Å². The average Bonchev–Trinajstić information content (AvgIpc) is 2.81. The lowest BCUT2D eigenvalue weighted by molar-refractivity contribution is -0.121. The molecule has 176 valence electrons. The van der Waals surface area contributed by atoms with Gasteiger partial charge in [-0.1, -0.05) is 6.07 Å². The minimum Gasteiger partial charge on any atom is -0.327 e. The number of carbonyl (C=O) groups is 2. The van der Waals surface area contributed by atoms with Gasteiger partial charge in [-0.25, -0.2) is 13.9 Å². The maximum Gasteiger partial charge on any atom is 0.267 e. The molecule has 1 aliphatic rings. The molecular formula is C25H24F2N4O3. The van der Waals surface area contributed by atoms with Crippen LogP contribution in [0.3, 0.4) is 0 Å². The number of aromatic nitrogens is 2. The Labute approximate surface area is 195 Å². The molecule has 3 aromatic rings. The fourth-order valence-corrected chi connectivity index (χ4v) is 4.16. The average molecular weight is 466 g/mol. The molecule has 4 rings (SSSR count).